The Balaban J connectivity index is 1.21. The molecular formula is C19H24N4O5. The molecule has 1 atom stereocenters. The second-order valence-electron chi connectivity index (χ2n) is 6.91. The van der Waals surface area contributed by atoms with Crippen molar-refractivity contribution in [2.45, 2.75) is 38.5 Å². The molecular weight excluding hydrogens is 364 g/mol. The van der Waals surface area contributed by atoms with Crippen molar-refractivity contribution >= 4 is 6.03 Å². The lowest BCUT2D eigenvalue weighted by Crippen LogP contribution is -2.59. The third kappa shape index (κ3) is 3.89. The van der Waals surface area contributed by atoms with Gasteiger partial charge in [0.2, 0.25) is 0 Å². The number of carbonyl (C=O) groups excluding carboxylic acids is 1. The number of amides is 2. The minimum atomic E-state index is -0.106. The molecule has 0 saturated carbocycles. The molecule has 1 aromatic carbocycles. The molecule has 0 aliphatic carbocycles. The number of aryl methyl sites for hydroxylation is 1. The van der Waals surface area contributed by atoms with E-state index < -0.39 is 0 Å². The van der Waals surface area contributed by atoms with Crippen molar-refractivity contribution in [1.29, 1.82) is 0 Å². The highest BCUT2D eigenvalue weighted by Gasteiger charge is 2.33. The van der Waals surface area contributed by atoms with E-state index in [4.69, 9.17) is 18.7 Å². The summed E-state index contributed by atoms with van der Waals surface area (Å²) in [7, 11) is 1.62. The van der Waals surface area contributed by atoms with E-state index in [2.05, 4.69) is 15.5 Å². The molecule has 2 aliphatic rings. The first-order valence-electron chi connectivity index (χ1n) is 9.43. The Labute approximate surface area is 162 Å². The van der Waals surface area contributed by atoms with E-state index in [1.54, 1.807) is 12.0 Å². The number of urea groups is 1. The molecule has 1 saturated heterocycles. The van der Waals surface area contributed by atoms with Crippen molar-refractivity contribution in [3.05, 3.63) is 35.5 Å². The number of fused-ring (bicyclic) bond motifs is 1. The maximum absolute atomic E-state index is 12.4. The number of carbonyl (C=O) groups is 1. The van der Waals surface area contributed by atoms with Gasteiger partial charge in [-0.15, -0.1) is 0 Å². The number of para-hydroxylation sites is 1. The number of rotatable bonds is 6. The number of likely N-dealkylation sites (tertiary alicyclic amines) is 1. The molecule has 28 heavy (non-hydrogen) atoms. The monoisotopic (exact) mass is 388 g/mol. The van der Waals surface area contributed by atoms with Crippen LogP contribution in [0.25, 0.3) is 0 Å². The molecule has 1 unspecified atom stereocenters. The van der Waals surface area contributed by atoms with Gasteiger partial charge in [-0.2, -0.15) is 4.98 Å². The molecule has 2 amide bonds. The molecule has 4 rings (SSSR count). The summed E-state index contributed by atoms with van der Waals surface area (Å²) >= 11 is 0. The Morgan fingerprint density at radius 1 is 1.39 bits per heavy atom. The van der Waals surface area contributed by atoms with E-state index in [0.29, 0.717) is 37.8 Å². The van der Waals surface area contributed by atoms with Gasteiger partial charge in [0.05, 0.1) is 32.3 Å². The lowest BCUT2D eigenvalue weighted by molar-refractivity contribution is -0.0520. The smallest absolute Gasteiger partial charge is 0.317 e. The molecule has 1 aromatic heterocycles. The number of nitrogens with one attached hydrogen (secondary N) is 1. The molecule has 2 aliphatic heterocycles. The predicted octanol–water partition coefficient (Wildman–Crippen LogP) is 1.55. The minimum absolute atomic E-state index is 0.0182. The molecule has 150 valence electrons. The van der Waals surface area contributed by atoms with Crippen molar-refractivity contribution in [3.63, 3.8) is 0 Å². The number of benzene rings is 1. The van der Waals surface area contributed by atoms with Crippen LogP contribution in [0.2, 0.25) is 0 Å². The normalized spacial score (nSPS) is 18.8. The molecule has 0 radical (unpaired) electrons. The summed E-state index contributed by atoms with van der Waals surface area (Å²) in [6.07, 6.45) is 1.42. The summed E-state index contributed by atoms with van der Waals surface area (Å²) in [5, 5.41) is 6.86. The van der Waals surface area contributed by atoms with Crippen LogP contribution < -0.4 is 14.8 Å². The molecule has 1 N–H and O–H groups in total. The number of aromatic nitrogens is 2. The summed E-state index contributed by atoms with van der Waals surface area (Å²) in [6, 6.07) is 5.61. The highest BCUT2D eigenvalue weighted by Crippen LogP contribution is 2.34. The summed E-state index contributed by atoms with van der Waals surface area (Å²) in [6.45, 7) is 3.73. The largest absolute Gasteiger partial charge is 0.493 e. The predicted molar refractivity (Wildman–Crippen MR) is 98.3 cm³/mol. The first-order chi connectivity index (χ1) is 13.7. The van der Waals surface area contributed by atoms with Crippen LogP contribution in [0.5, 0.6) is 11.5 Å². The highest BCUT2D eigenvalue weighted by molar-refractivity contribution is 5.75. The maximum atomic E-state index is 12.4. The van der Waals surface area contributed by atoms with Gasteiger partial charge < -0.3 is 29.0 Å². The van der Waals surface area contributed by atoms with Gasteiger partial charge in [0.15, 0.2) is 17.3 Å². The van der Waals surface area contributed by atoms with E-state index in [0.717, 1.165) is 23.5 Å². The van der Waals surface area contributed by atoms with Crippen molar-refractivity contribution < 1.29 is 23.5 Å². The van der Waals surface area contributed by atoms with E-state index in [1.807, 2.05) is 25.1 Å². The van der Waals surface area contributed by atoms with Crippen LogP contribution in [0, 0.1) is 0 Å². The molecule has 0 spiro atoms. The first kappa shape index (κ1) is 18.5. The molecule has 0 bridgehead atoms. The number of hydrogen-bond acceptors (Lipinski definition) is 7. The first-order valence-corrected chi connectivity index (χ1v) is 9.43. The van der Waals surface area contributed by atoms with Gasteiger partial charge in [-0.25, -0.2) is 4.79 Å². The van der Waals surface area contributed by atoms with Gasteiger partial charge in [0, 0.05) is 12.0 Å². The van der Waals surface area contributed by atoms with Crippen LogP contribution in [0.15, 0.2) is 22.7 Å². The fraction of sp³-hybridized carbons (Fsp3) is 0.526. The third-order valence-electron chi connectivity index (χ3n) is 4.91. The van der Waals surface area contributed by atoms with Crippen LogP contribution in [-0.4, -0.2) is 60.0 Å². The van der Waals surface area contributed by atoms with Crippen LogP contribution >= 0.6 is 0 Å². The SMILES string of the molecule is CCc1noc(COC2CN(C(=O)NC3COc4c(cccc4OC)C3)C2)n1. The molecule has 3 heterocycles. The van der Waals surface area contributed by atoms with Gasteiger partial charge in [-0.1, -0.05) is 24.2 Å². The standard InChI is InChI=1S/C19H24N4O5/c1-3-16-21-17(28-22-16)11-26-14-8-23(9-14)19(24)20-13-7-12-5-4-6-15(25-2)18(12)27-10-13/h4-6,13-14H,3,7-11H2,1-2H3,(H,20,24). The van der Waals surface area contributed by atoms with Gasteiger partial charge in [0.25, 0.3) is 5.89 Å². The van der Waals surface area contributed by atoms with Crippen molar-refractivity contribution in [2.24, 2.45) is 0 Å². The number of nitrogens with zero attached hydrogens (tertiary/aromatic N) is 3. The van der Waals surface area contributed by atoms with Gasteiger partial charge >= 0.3 is 6.03 Å². The Bertz CT molecular complexity index is 833. The molecule has 2 aromatic rings. The lowest BCUT2D eigenvalue weighted by atomic mass is 10.0. The van der Waals surface area contributed by atoms with Gasteiger partial charge in [-0.05, 0) is 12.5 Å². The molecule has 1 fully saturated rings. The summed E-state index contributed by atoms with van der Waals surface area (Å²) in [5.41, 5.74) is 1.03. The zero-order valence-electron chi connectivity index (χ0n) is 16.0. The van der Waals surface area contributed by atoms with E-state index in [-0.39, 0.29) is 24.8 Å². The zero-order chi connectivity index (χ0) is 19.5. The average Bonchev–Trinajstić information content (AvgIpc) is 3.14. The average molecular weight is 388 g/mol. The van der Waals surface area contributed by atoms with E-state index >= 15 is 0 Å². The Morgan fingerprint density at radius 3 is 3.00 bits per heavy atom. The zero-order valence-corrected chi connectivity index (χ0v) is 16.0. The van der Waals surface area contributed by atoms with E-state index in [9.17, 15) is 4.79 Å². The number of methoxy groups -OCH3 is 1. The summed E-state index contributed by atoms with van der Waals surface area (Å²) in [5.74, 6) is 2.62. The maximum Gasteiger partial charge on any atom is 0.317 e. The topological polar surface area (TPSA) is 99.0 Å². The van der Waals surface area contributed by atoms with Crippen LogP contribution in [0.1, 0.15) is 24.2 Å². The van der Waals surface area contributed by atoms with Crippen LogP contribution in [0.4, 0.5) is 4.79 Å². The van der Waals surface area contributed by atoms with E-state index in [1.165, 1.54) is 0 Å². The van der Waals surface area contributed by atoms with Crippen molar-refractivity contribution in [3.8, 4) is 11.5 Å². The van der Waals surface area contributed by atoms with Crippen LogP contribution in [-0.2, 0) is 24.2 Å². The van der Waals surface area contributed by atoms with Crippen molar-refractivity contribution in [1.82, 2.24) is 20.4 Å². The molecule has 9 heteroatoms. The Hall–Kier alpha value is -2.81. The minimum Gasteiger partial charge on any atom is -0.493 e. The third-order valence-corrected chi connectivity index (χ3v) is 4.91. The lowest BCUT2D eigenvalue weighted by Gasteiger charge is -2.39. The second kappa shape index (κ2) is 8.05. The highest BCUT2D eigenvalue weighted by atomic mass is 16.5. The van der Waals surface area contributed by atoms with Crippen LogP contribution in [0.3, 0.4) is 0 Å². The van der Waals surface area contributed by atoms with Crippen molar-refractivity contribution in [2.75, 3.05) is 26.8 Å². The quantitative estimate of drug-likeness (QED) is 0.802. The molecule has 9 nitrogen and oxygen atoms in total. The summed E-state index contributed by atoms with van der Waals surface area (Å²) < 4.78 is 21.9. The number of ether oxygens (including phenoxy) is 3. The Kier molecular flexibility index (Phi) is 5.34. The van der Waals surface area contributed by atoms with Gasteiger partial charge in [0.1, 0.15) is 13.2 Å². The number of hydrogen-bond donors (Lipinski definition) is 1. The second-order valence-corrected chi connectivity index (χ2v) is 6.91. The fourth-order valence-electron chi connectivity index (χ4n) is 3.30. The summed E-state index contributed by atoms with van der Waals surface area (Å²) in [4.78, 5) is 18.4. The fourth-order valence-corrected chi connectivity index (χ4v) is 3.30. The van der Waals surface area contributed by atoms with Gasteiger partial charge in [-0.3, -0.25) is 0 Å². The Morgan fingerprint density at radius 2 is 2.25 bits per heavy atom.